The Balaban J connectivity index is 1.97. The van der Waals surface area contributed by atoms with Gasteiger partial charge in [-0.2, -0.15) is 5.10 Å². The lowest BCUT2D eigenvalue weighted by atomic mass is 10.0. The Bertz CT molecular complexity index is 1010. The van der Waals surface area contributed by atoms with E-state index in [0.29, 0.717) is 11.3 Å². The van der Waals surface area contributed by atoms with Gasteiger partial charge in [0.25, 0.3) is 11.2 Å². The third-order valence-electron chi connectivity index (χ3n) is 4.12. The predicted molar refractivity (Wildman–Crippen MR) is 95.6 cm³/mol. The van der Waals surface area contributed by atoms with E-state index in [1.54, 1.807) is 18.2 Å². The van der Waals surface area contributed by atoms with E-state index in [1.807, 2.05) is 32.0 Å². The second-order valence-corrected chi connectivity index (χ2v) is 5.94. The first kappa shape index (κ1) is 16.6. The van der Waals surface area contributed by atoms with Gasteiger partial charge in [-0.1, -0.05) is 24.3 Å². The van der Waals surface area contributed by atoms with Crippen molar-refractivity contribution in [3.05, 3.63) is 91.8 Å². The Morgan fingerprint density at radius 3 is 2.56 bits per heavy atom. The molecule has 0 aliphatic heterocycles. The molecule has 0 aliphatic rings. The summed E-state index contributed by atoms with van der Waals surface area (Å²) in [5.41, 5.74) is 4.35. The maximum absolute atomic E-state index is 12.1. The Labute approximate surface area is 144 Å². The summed E-state index contributed by atoms with van der Waals surface area (Å²) in [6.45, 7) is 4.24. The van der Waals surface area contributed by atoms with Gasteiger partial charge >= 0.3 is 0 Å². The Morgan fingerprint density at radius 2 is 1.84 bits per heavy atom. The number of benzene rings is 2. The summed E-state index contributed by atoms with van der Waals surface area (Å²) in [7, 11) is 0. The van der Waals surface area contributed by atoms with Gasteiger partial charge in [-0.15, -0.1) is 0 Å². The molecule has 1 heterocycles. The smallest absolute Gasteiger partial charge is 0.268 e. The molecule has 0 atom stereocenters. The van der Waals surface area contributed by atoms with Crippen LogP contribution in [0.1, 0.15) is 16.7 Å². The average Bonchev–Trinajstić information content (AvgIpc) is 2.59. The second-order valence-electron chi connectivity index (χ2n) is 5.94. The van der Waals surface area contributed by atoms with Crippen molar-refractivity contribution in [3.63, 3.8) is 0 Å². The minimum atomic E-state index is -0.453. The van der Waals surface area contributed by atoms with E-state index < -0.39 is 4.92 Å². The lowest BCUT2D eigenvalue weighted by Crippen LogP contribution is -2.22. The topological polar surface area (TPSA) is 78.0 Å². The third-order valence-corrected chi connectivity index (χ3v) is 4.12. The molecular weight excluding hydrogens is 318 g/mol. The van der Waals surface area contributed by atoms with Crippen LogP contribution in [0, 0.1) is 24.0 Å². The minimum Gasteiger partial charge on any atom is -0.268 e. The van der Waals surface area contributed by atoms with Crippen molar-refractivity contribution in [1.29, 1.82) is 0 Å². The fraction of sp³-hybridized carbons (Fsp3) is 0.158. The van der Waals surface area contributed by atoms with Crippen LogP contribution in [0.5, 0.6) is 0 Å². The predicted octanol–water partition coefficient (Wildman–Crippen LogP) is 3.48. The van der Waals surface area contributed by atoms with Gasteiger partial charge in [-0.05, 0) is 42.7 Å². The van der Waals surface area contributed by atoms with E-state index in [2.05, 4.69) is 5.10 Å². The monoisotopic (exact) mass is 335 g/mol. The van der Waals surface area contributed by atoms with E-state index in [1.165, 1.54) is 28.4 Å². The van der Waals surface area contributed by atoms with Crippen molar-refractivity contribution < 1.29 is 4.92 Å². The number of aromatic nitrogens is 2. The van der Waals surface area contributed by atoms with E-state index in [0.717, 1.165) is 11.1 Å². The highest BCUT2D eigenvalue weighted by atomic mass is 16.6. The molecule has 3 rings (SSSR count). The number of non-ortho nitro benzene ring substituents is 1. The van der Waals surface area contributed by atoms with Gasteiger partial charge < -0.3 is 0 Å². The molecule has 0 unspecified atom stereocenters. The van der Waals surface area contributed by atoms with Gasteiger partial charge in [-0.3, -0.25) is 14.9 Å². The molecule has 0 aliphatic carbocycles. The first-order valence-corrected chi connectivity index (χ1v) is 7.83. The number of aryl methyl sites for hydroxylation is 2. The molecule has 1 aromatic heterocycles. The molecule has 0 N–H and O–H groups in total. The maximum Gasteiger partial charge on any atom is 0.269 e. The SMILES string of the molecule is Cc1ccc(-c2ccc(=O)n(Cc3cccc([N+](=O)[O-])c3)n2)cc1C. The molecule has 6 nitrogen and oxygen atoms in total. The zero-order chi connectivity index (χ0) is 18.0. The van der Waals surface area contributed by atoms with Gasteiger partial charge in [-0.25, -0.2) is 4.68 Å². The highest BCUT2D eigenvalue weighted by Gasteiger charge is 2.09. The third kappa shape index (κ3) is 3.63. The van der Waals surface area contributed by atoms with Crippen LogP contribution < -0.4 is 5.56 Å². The average molecular weight is 335 g/mol. The van der Waals surface area contributed by atoms with Crippen LogP contribution in [0.2, 0.25) is 0 Å². The molecule has 3 aromatic rings. The van der Waals surface area contributed by atoms with Crippen molar-refractivity contribution in [2.75, 3.05) is 0 Å². The molecule has 0 radical (unpaired) electrons. The maximum atomic E-state index is 12.1. The first-order valence-electron chi connectivity index (χ1n) is 7.83. The van der Waals surface area contributed by atoms with E-state index in [9.17, 15) is 14.9 Å². The van der Waals surface area contributed by atoms with E-state index in [-0.39, 0.29) is 17.8 Å². The Kier molecular flexibility index (Phi) is 4.43. The largest absolute Gasteiger partial charge is 0.269 e. The molecular formula is C19H17N3O3. The van der Waals surface area contributed by atoms with Crippen LogP contribution in [0.3, 0.4) is 0 Å². The second kappa shape index (κ2) is 6.68. The highest BCUT2D eigenvalue weighted by Crippen LogP contribution is 2.19. The lowest BCUT2D eigenvalue weighted by Gasteiger charge is -2.09. The molecule has 25 heavy (non-hydrogen) atoms. The fourth-order valence-electron chi connectivity index (χ4n) is 2.56. The molecule has 2 aromatic carbocycles. The molecule has 0 saturated heterocycles. The Morgan fingerprint density at radius 1 is 1.04 bits per heavy atom. The van der Waals surface area contributed by atoms with Gasteiger partial charge in [0.05, 0.1) is 17.2 Å². The standard InChI is InChI=1S/C19H17N3O3/c1-13-6-7-16(10-14(13)2)18-8-9-19(23)21(20-18)12-15-4-3-5-17(11-15)22(24)25/h3-11H,12H2,1-2H3. The van der Waals surface area contributed by atoms with Gasteiger partial charge in [0.2, 0.25) is 0 Å². The van der Waals surface area contributed by atoms with Crippen LogP contribution in [-0.2, 0) is 6.54 Å². The Hall–Kier alpha value is -3.28. The number of hydrogen-bond donors (Lipinski definition) is 0. The normalized spacial score (nSPS) is 10.6. The van der Waals surface area contributed by atoms with E-state index in [4.69, 9.17) is 0 Å². The van der Waals surface area contributed by atoms with Crippen LogP contribution in [-0.4, -0.2) is 14.7 Å². The summed E-state index contributed by atoms with van der Waals surface area (Å²) in [6, 6.07) is 15.4. The molecule has 0 fully saturated rings. The van der Waals surface area contributed by atoms with Crippen LogP contribution in [0.25, 0.3) is 11.3 Å². The molecule has 0 bridgehead atoms. The van der Waals surface area contributed by atoms with Crippen LogP contribution in [0.15, 0.2) is 59.4 Å². The number of nitro benzene ring substituents is 1. The molecule has 6 heteroatoms. The number of rotatable bonds is 4. The zero-order valence-corrected chi connectivity index (χ0v) is 14.0. The molecule has 0 amide bonds. The number of nitrogens with zero attached hydrogens (tertiary/aromatic N) is 3. The summed E-state index contributed by atoms with van der Waals surface area (Å²) in [5, 5.41) is 15.3. The van der Waals surface area contributed by atoms with Crippen molar-refractivity contribution in [3.8, 4) is 11.3 Å². The van der Waals surface area contributed by atoms with Gasteiger partial charge in [0.1, 0.15) is 0 Å². The number of nitro groups is 1. The van der Waals surface area contributed by atoms with Crippen LogP contribution in [0.4, 0.5) is 5.69 Å². The highest BCUT2D eigenvalue weighted by molar-refractivity contribution is 5.60. The summed E-state index contributed by atoms with van der Waals surface area (Å²) in [5.74, 6) is 0. The number of hydrogen-bond acceptors (Lipinski definition) is 4. The van der Waals surface area contributed by atoms with Crippen molar-refractivity contribution in [2.45, 2.75) is 20.4 Å². The fourth-order valence-corrected chi connectivity index (χ4v) is 2.56. The zero-order valence-electron chi connectivity index (χ0n) is 14.0. The molecule has 0 saturated carbocycles. The van der Waals surface area contributed by atoms with Crippen molar-refractivity contribution in [1.82, 2.24) is 9.78 Å². The van der Waals surface area contributed by atoms with Crippen molar-refractivity contribution >= 4 is 5.69 Å². The summed E-state index contributed by atoms with van der Waals surface area (Å²) < 4.78 is 1.32. The lowest BCUT2D eigenvalue weighted by molar-refractivity contribution is -0.384. The minimum absolute atomic E-state index is 0.00383. The van der Waals surface area contributed by atoms with Gasteiger partial charge in [0, 0.05) is 23.8 Å². The van der Waals surface area contributed by atoms with Crippen molar-refractivity contribution in [2.24, 2.45) is 0 Å². The van der Waals surface area contributed by atoms with E-state index >= 15 is 0 Å². The summed E-state index contributed by atoms with van der Waals surface area (Å²) in [4.78, 5) is 22.6. The van der Waals surface area contributed by atoms with Gasteiger partial charge in [0.15, 0.2) is 0 Å². The van der Waals surface area contributed by atoms with Crippen LogP contribution >= 0.6 is 0 Å². The summed E-state index contributed by atoms with van der Waals surface area (Å²) >= 11 is 0. The first-order chi connectivity index (χ1) is 11.9. The molecule has 0 spiro atoms. The molecule has 126 valence electrons. The summed E-state index contributed by atoms with van der Waals surface area (Å²) in [6.07, 6.45) is 0. The quantitative estimate of drug-likeness (QED) is 0.540.